The third kappa shape index (κ3) is 3.56. The van der Waals surface area contributed by atoms with Crippen LogP contribution in [-0.4, -0.2) is 12.1 Å². The molecule has 0 aromatic rings. The first-order valence-corrected chi connectivity index (χ1v) is 4.16. The van der Waals surface area contributed by atoms with E-state index in [2.05, 4.69) is 6.58 Å². The number of hydrogen-bond donors (Lipinski definition) is 0. The largest absolute Gasteiger partial charge is 0.451 e. The summed E-state index contributed by atoms with van der Waals surface area (Å²) < 4.78 is 4.89. The molecule has 0 aliphatic carbocycles. The van der Waals surface area contributed by atoms with Gasteiger partial charge in [-0.15, -0.1) is 0 Å². The van der Waals surface area contributed by atoms with E-state index in [-0.39, 0.29) is 12.1 Å². The van der Waals surface area contributed by atoms with E-state index < -0.39 is 0 Å². The fourth-order valence-corrected chi connectivity index (χ4v) is 0.956. The summed E-state index contributed by atoms with van der Waals surface area (Å²) in [4.78, 5) is 10.6. The second-order valence-corrected chi connectivity index (χ2v) is 2.59. The highest BCUT2D eigenvalue weighted by Gasteiger charge is 2.11. The number of esters is 1. The molecular formula is C11H12O2. The van der Waals surface area contributed by atoms with Crippen molar-refractivity contribution in [2.24, 2.45) is 0 Å². The zero-order chi connectivity index (χ0) is 9.52. The van der Waals surface area contributed by atoms with Crippen molar-refractivity contribution in [2.45, 2.75) is 12.5 Å². The number of carbonyl (C=O) groups excluding carboxylic acids is 1. The van der Waals surface area contributed by atoms with Crippen molar-refractivity contribution in [3.63, 3.8) is 0 Å². The van der Waals surface area contributed by atoms with Crippen LogP contribution in [0.5, 0.6) is 0 Å². The van der Waals surface area contributed by atoms with Gasteiger partial charge in [-0.1, -0.05) is 30.9 Å². The van der Waals surface area contributed by atoms with E-state index in [0.29, 0.717) is 0 Å². The standard InChI is InChI=1S/C11H12O2/c1-2-3-4-5-6-7-10-8-9-11(12)13-10/h2-4,6-10H,1,5H2/b4-3+,7-6+. The van der Waals surface area contributed by atoms with E-state index in [1.165, 1.54) is 6.08 Å². The quantitative estimate of drug-likeness (QED) is 0.372. The molecule has 13 heavy (non-hydrogen) atoms. The van der Waals surface area contributed by atoms with Crippen molar-refractivity contribution >= 4 is 5.97 Å². The van der Waals surface area contributed by atoms with Gasteiger partial charge in [-0.3, -0.25) is 0 Å². The van der Waals surface area contributed by atoms with E-state index in [9.17, 15) is 4.79 Å². The van der Waals surface area contributed by atoms with Crippen LogP contribution in [0.1, 0.15) is 6.42 Å². The molecule has 1 aliphatic heterocycles. The van der Waals surface area contributed by atoms with Gasteiger partial charge in [-0.25, -0.2) is 4.79 Å². The fraction of sp³-hybridized carbons (Fsp3) is 0.182. The van der Waals surface area contributed by atoms with E-state index in [1.54, 1.807) is 12.2 Å². The first-order chi connectivity index (χ1) is 6.33. The summed E-state index contributed by atoms with van der Waals surface area (Å²) in [6, 6.07) is 0. The van der Waals surface area contributed by atoms with Gasteiger partial charge in [-0.2, -0.15) is 0 Å². The predicted molar refractivity (Wildman–Crippen MR) is 52.1 cm³/mol. The summed E-state index contributed by atoms with van der Waals surface area (Å²) in [5.74, 6) is -0.267. The van der Waals surface area contributed by atoms with Gasteiger partial charge >= 0.3 is 5.97 Å². The van der Waals surface area contributed by atoms with Gasteiger partial charge in [0.1, 0.15) is 6.10 Å². The van der Waals surface area contributed by atoms with Crippen LogP contribution < -0.4 is 0 Å². The number of allylic oxidation sites excluding steroid dienone is 4. The van der Waals surface area contributed by atoms with Crippen LogP contribution >= 0.6 is 0 Å². The van der Waals surface area contributed by atoms with E-state index >= 15 is 0 Å². The van der Waals surface area contributed by atoms with Crippen LogP contribution in [0.3, 0.4) is 0 Å². The molecule has 1 unspecified atom stereocenters. The average Bonchev–Trinajstić information content (AvgIpc) is 2.51. The van der Waals surface area contributed by atoms with Crippen LogP contribution in [0.15, 0.2) is 49.1 Å². The average molecular weight is 176 g/mol. The molecule has 1 aliphatic rings. The Hall–Kier alpha value is -1.57. The Morgan fingerprint density at radius 1 is 1.54 bits per heavy atom. The van der Waals surface area contributed by atoms with Crippen molar-refractivity contribution in [3.8, 4) is 0 Å². The minimum absolute atomic E-state index is 0.176. The fourth-order valence-electron chi connectivity index (χ4n) is 0.956. The number of rotatable bonds is 4. The molecular weight excluding hydrogens is 164 g/mol. The highest BCUT2D eigenvalue weighted by atomic mass is 16.5. The molecule has 0 aromatic carbocycles. The molecule has 1 atom stereocenters. The molecule has 0 spiro atoms. The molecule has 2 nitrogen and oxygen atoms in total. The summed E-state index contributed by atoms with van der Waals surface area (Å²) >= 11 is 0. The minimum atomic E-state index is -0.267. The Balaban J connectivity index is 2.25. The molecule has 2 heteroatoms. The third-order valence-electron chi connectivity index (χ3n) is 1.54. The van der Waals surface area contributed by atoms with Crippen molar-refractivity contribution in [1.82, 2.24) is 0 Å². The molecule has 0 bridgehead atoms. The Morgan fingerprint density at radius 2 is 2.38 bits per heavy atom. The number of carbonyl (C=O) groups is 1. The summed E-state index contributed by atoms with van der Waals surface area (Å²) in [5.41, 5.74) is 0. The number of cyclic esters (lactones) is 1. The molecule has 0 radical (unpaired) electrons. The van der Waals surface area contributed by atoms with Gasteiger partial charge in [0.25, 0.3) is 0 Å². The van der Waals surface area contributed by atoms with Crippen molar-refractivity contribution in [2.75, 3.05) is 0 Å². The van der Waals surface area contributed by atoms with Gasteiger partial charge < -0.3 is 4.74 Å². The van der Waals surface area contributed by atoms with Gasteiger partial charge in [0.05, 0.1) is 0 Å². The maximum Gasteiger partial charge on any atom is 0.331 e. The maximum atomic E-state index is 10.6. The summed E-state index contributed by atoms with van der Waals surface area (Å²) in [6.07, 6.45) is 13.2. The van der Waals surface area contributed by atoms with Gasteiger partial charge in [0.2, 0.25) is 0 Å². The van der Waals surface area contributed by atoms with Crippen molar-refractivity contribution in [3.05, 3.63) is 49.1 Å². The molecule has 1 rings (SSSR count). The lowest BCUT2D eigenvalue weighted by molar-refractivity contribution is -0.137. The van der Waals surface area contributed by atoms with E-state index in [4.69, 9.17) is 4.74 Å². The topological polar surface area (TPSA) is 26.3 Å². The highest BCUT2D eigenvalue weighted by molar-refractivity contribution is 5.84. The molecule has 0 N–H and O–H groups in total. The Morgan fingerprint density at radius 3 is 3.00 bits per heavy atom. The lowest BCUT2D eigenvalue weighted by Crippen LogP contribution is -2.02. The number of ether oxygens (including phenoxy) is 1. The van der Waals surface area contributed by atoms with Crippen LogP contribution in [0, 0.1) is 0 Å². The van der Waals surface area contributed by atoms with Gasteiger partial charge in [-0.05, 0) is 18.6 Å². The SMILES string of the molecule is C=C/C=C/C/C=C/C1C=CC(=O)O1. The molecule has 68 valence electrons. The maximum absolute atomic E-state index is 10.6. The lowest BCUT2D eigenvalue weighted by Gasteiger charge is -1.99. The Kier molecular flexibility index (Phi) is 3.76. The normalized spacial score (nSPS) is 21.5. The monoisotopic (exact) mass is 176 g/mol. The minimum Gasteiger partial charge on any atom is -0.451 e. The van der Waals surface area contributed by atoms with Crippen LogP contribution in [0.4, 0.5) is 0 Å². The zero-order valence-electron chi connectivity index (χ0n) is 7.35. The van der Waals surface area contributed by atoms with Gasteiger partial charge in [0, 0.05) is 6.08 Å². The molecule has 0 amide bonds. The summed E-state index contributed by atoms with van der Waals surface area (Å²) in [7, 11) is 0. The Bertz CT molecular complexity index is 272. The smallest absolute Gasteiger partial charge is 0.331 e. The van der Waals surface area contributed by atoms with Crippen LogP contribution in [0.2, 0.25) is 0 Å². The van der Waals surface area contributed by atoms with Crippen LogP contribution in [-0.2, 0) is 9.53 Å². The van der Waals surface area contributed by atoms with Crippen molar-refractivity contribution < 1.29 is 9.53 Å². The zero-order valence-corrected chi connectivity index (χ0v) is 7.35. The first kappa shape index (κ1) is 9.52. The second-order valence-electron chi connectivity index (χ2n) is 2.59. The molecule has 0 saturated heterocycles. The Labute approximate surface area is 77.9 Å². The summed E-state index contributed by atoms with van der Waals surface area (Å²) in [6.45, 7) is 3.55. The second kappa shape index (κ2) is 5.14. The summed E-state index contributed by atoms with van der Waals surface area (Å²) in [5, 5.41) is 0. The molecule has 0 saturated carbocycles. The first-order valence-electron chi connectivity index (χ1n) is 4.16. The molecule has 0 fully saturated rings. The lowest BCUT2D eigenvalue weighted by atomic mass is 10.2. The predicted octanol–water partition coefficient (Wildman–Crippen LogP) is 2.16. The molecule has 0 aromatic heterocycles. The third-order valence-corrected chi connectivity index (χ3v) is 1.54. The number of hydrogen-bond acceptors (Lipinski definition) is 2. The highest BCUT2D eigenvalue weighted by Crippen LogP contribution is 2.06. The molecule has 1 heterocycles. The van der Waals surface area contributed by atoms with E-state index in [1.807, 2.05) is 24.3 Å². The van der Waals surface area contributed by atoms with Crippen LogP contribution in [0.25, 0.3) is 0 Å². The van der Waals surface area contributed by atoms with Crippen molar-refractivity contribution in [1.29, 1.82) is 0 Å². The van der Waals surface area contributed by atoms with E-state index in [0.717, 1.165) is 6.42 Å². The van der Waals surface area contributed by atoms with Gasteiger partial charge in [0.15, 0.2) is 0 Å².